The third-order valence-electron chi connectivity index (χ3n) is 2.25. The summed E-state index contributed by atoms with van der Waals surface area (Å²) in [5.74, 6) is 0.627. The molecule has 1 atom stereocenters. The molecule has 0 saturated carbocycles. The molecule has 1 aromatic carbocycles. The molecule has 3 nitrogen and oxygen atoms in total. The first-order chi connectivity index (χ1) is 6.73. The molecule has 14 heavy (non-hydrogen) atoms. The Labute approximate surface area is 83.1 Å². The van der Waals surface area contributed by atoms with E-state index in [1.807, 2.05) is 37.3 Å². The summed E-state index contributed by atoms with van der Waals surface area (Å²) >= 11 is 0. The highest BCUT2D eigenvalue weighted by Gasteiger charge is 2.31. The first kappa shape index (κ1) is 9.21. The smallest absolute Gasteiger partial charge is 0.216 e. The van der Waals surface area contributed by atoms with Crippen molar-refractivity contribution in [1.82, 2.24) is 0 Å². The van der Waals surface area contributed by atoms with E-state index in [9.17, 15) is 0 Å². The Morgan fingerprint density at radius 1 is 1.43 bits per heavy atom. The van der Waals surface area contributed by atoms with Crippen LogP contribution in [0.4, 0.5) is 0 Å². The highest BCUT2D eigenvalue weighted by molar-refractivity contribution is 5.95. The standard InChI is InChI=1S/C11H13NO2/c1-11(7-13)8-14-10(12-11)9-5-3-2-4-6-9/h2-6,13H,7-8H2,1H3/t11-/m1/s1. The molecule has 1 N–H and O–H groups in total. The second kappa shape index (κ2) is 3.42. The van der Waals surface area contributed by atoms with Gasteiger partial charge in [0.1, 0.15) is 12.1 Å². The Morgan fingerprint density at radius 3 is 2.71 bits per heavy atom. The Hall–Kier alpha value is -1.35. The van der Waals surface area contributed by atoms with Crippen LogP contribution in [0.15, 0.2) is 35.3 Å². The molecule has 0 aliphatic carbocycles. The lowest BCUT2D eigenvalue weighted by molar-refractivity contribution is 0.170. The van der Waals surface area contributed by atoms with E-state index in [1.165, 1.54) is 0 Å². The van der Waals surface area contributed by atoms with E-state index in [0.29, 0.717) is 12.5 Å². The normalized spacial score (nSPS) is 25.7. The van der Waals surface area contributed by atoms with Gasteiger partial charge in [-0.25, -0.2) is 4.99 Å². The summed E-state index contributed by atoms with van der Waals surface area (Å²) in [5, 5.41) is 9.10. The third kappa shape index (κ3) is 1.63. The van der Waals surface area contributed by atoms with Crippen LogP contribution in [0.5, 0.6) is 0 Å². The van der Waals surface area contributed by atoms with Crippen molar-refractivity contribution in [3.05, 3.63) is 35.9 Å². The lowest BCUT2D eigenvalue weighted by Gasteiger charge is -2.12. The van der Waals surface area contributed by atoms with E-state index in [1.54, 1.807) is 0 Å². The highest BCUT2D eigenvalue weighted by Crippen LogP contribution is 2.20. The van der Waals surface area contributed by atoms with Crippen LogP contribution in [-0.4, -0.2) is 29.8 Å². The van der Waals surface area contributed by atoms with Gasteiger partial charge in [0, 0.05) is 5.56 Å². The molecule has 0 aromatic heterocycles. The molecule has 1 aliphatic heterocycles. The van der Waals surface area contributed by atoms with E-state index >= 15 is 0 Å². The average Bonchev–Trinajstić information content (AvgIpc) is 2.63. The van der Waals surface area contributed by atoms with Crippen LogP contribution in [-0.2, 0) is 4.74 Å². The quantitative estimate of drug-likeness (QED) is 0.763. The zero-order valence-electron chi connectivity index (χ0n) is 8.10. The van der Waals surface area contributed by atoms with Crippen LogP contribution >= 0.6 is 0 Å². The van der Waals surface area contributed by atoms with Gasteiger partial charge < -0.3 is 9.84 Å². The van der Waals surface area contributed by atoms with Crippen LogP contribution in [0.3, 0.4) is 0 Å². The molecule has 74 valence electrons. The molecule has 1 heterocycles. The number of rotatable bonds is 2. The molecule has 1 aliphatic rings. The fraction of sp³-hybridized carbons (Fsp3) is 0.364. The van der Waals surface area contributed by atoms with Crippen LogP contribution in [0.25, 0.3) is 0 Å². The van der Waals surface area contributed by atoms with E-state index in [0.717, 1.165) is 5.56 Å². The molecule has 0 amide bonds. The third-order valence-corrected chi connectivity index (χ3v) is 2.25. The Bertz CT molecular complexity index is 348. The van der Waals surface area contributed by atoms with Gasteiger partial charge in [0.05, 0.1) is 6.61 Å². The number of aliphatic imine (C=N–C) groups is 1. The van der Waals surface area contributed by atoms with Gasteiger partial charge in [-0.1, -0.05) is 18.2 Å². The first-order valence-corrected chi connectivity index (χ1v) is 4.62. The van der Waals surface area contributed by atoms with Crippen molar-refractivity contribution in [3.63, 3.8) is 0 Å². The summed E-state index contributed by atoms with van der Waals surface area (Å²) in [4.78, 5) is 4.35. The summed E-state index contributed by atoms with van der Waals surface area (Å²) in [6.45, 7) is 2.35. The first-order valence-electron chi connectivity index (χ1n) is 4.62. The van der Waals surface area contributed by atoms with Crippen molar-refractivity contribution in [2.45, 2.75) is 12.5 Å². The van der Waals surface area contributed by atoms with E-state index in [2.05, 4.69) is 4.99 Å². The lowest BCUT2D eigenvalue weighted by Crippen LogP contribution is -2.28. The Morgan fingerprint density at radius 2 is 2.14 bits per heavy atom. The molecule has 1 aromatic rings. The molecule has 0 fully saturated rings. The monoisotopic (exact) mass is 191 g/mol. The predicted molar refractivity (Wildman–Crippen MR) is 54.4 cm³/mol. The highest BCUT2D eigenvalue weighted by atomic mass is 16.5. The van der Waals surface area contributed by atoms with E-state index in [-0.39, 0.29) is 6.61 Å². The molecule has 0 unspecified atom stereocenters. The number of ether oxygens (including phenoxy) is 1. The van der Waals surface area contributed by atoms with Gasteiger partial charge in [-0.15, -0.1) is 0 Å². The number of aliphatic hydroxyl groups is 1. The number of aliphatic hydroxyl groups excluding tert-OH is 1. The number of hydrogen-bond acceptors (Lipinski definition) is 3. The maximum Gasteiger partial charge on any atom is 0.216 e. The minimum absolute atomic E-state index is 0.0172. The zero-order valence-corrected chi connectivity index (χ0v) is 8.10. The van der Waals surface area contributed by atoms with Crippen LogP contribution in [0.1, 0.15) is 12.5 Å². The van der Waals surface area contributed by atoms with Crippen LogP contribution in [0, 0.1) is 0 Å². The topological polar surface area (TPSA) is 41.8 Å². The van der Waals surface area contributed by atoms with E-state index < -0.39 is 5.54 Å². The van der Waals surface area contributed by atoms with Crippen LogP contribution < -0.4 is 0 Å². The largest absolute Gasteiger partial charge is 0.475 e. The van der Waals surface area contributed by atoms with Crippen molar-refractivity contribution in [2.24, 2.45) is 4.99 Å². The van der Waals surface area contributed by atoms with Gasteiger partial charge in [0.25, 0.3) is 0 Å². The molecule has 0 bridgehead atoms. The SMILES string of the molecule is C[C@@]1(CO)COC(c2ccccc2)=N1. The van der Waals surface area contributed by atoms with Crippen molar-refractivity contribution in [1.29, 1.82) is 0 Å². The molecule has 3 heteroatoms. The second-order valence-corrected chi connectivity index (χ2v) is 3.73. The number of benzene rings is 1. The summed E-state index contributed by atoms with van der Waals surface area (Å²) in [7, 11) is 0. The molecule has 0 saturated heterocycles. The fourth-order valence-electron chi connectivity index (χ4n) is 1.34. The average molecular weight is 191 g/mol. The molecule has 0 radical (unpaired) electrons. The van der Waals surface area contributed by atoms with Gasteiger partial charge in [0.15, 0.2) is 0 Å². The Kier molecular flexibility index (Phi) is 2.25. The minimum Gasteiger partial charge on any atom is -0.475 e. The molecular formula is C11H13NO2. The maximum absolute atomic E-state index is 9.10. The molecule has 0 spiro atoms. The molecule has 2 rings (SSSR count). The summed E-state index contributed by atoms with van der Waals surface area (Å²) in [5.41, 5.74) is 0.496. The van der Waals surface area contributed by atoms with Crippen molar-refractivity contribution in [2.75, 3.05) is 13.2 Å². The predicted octanol–water partition coefficient (Wildman–Crippen LogP) is 1.21. The van der Waals surface area contributed by atoms with Gasteiger partial charge in [-0.3, -0.25) is 0 Å². The number of nitrogens with zero attached hydrogens (tertiary/aromatic N) is 1. The van der Waals surface area contributed by atoms with Gasteiger partial charge in [-0.05, 0) is 19.1 Å². The summed E-state index contributed by atoms with van der Waals surface area (Å²) < 4.78 is 5.44. The van der Waals surface area contributed by atoms with Gasteiger partial charge >= 0.3 is 0 Å². The summed E-state index contributed by atoms with van der Waals surface area (Å²) in [6, 6.07) is 9.72. The summed E-state index contributed by atoms with van der Waals surface area (Å²) in [6.07, 6.45) is 0. The fourth-order valence-corrected chi connectivity index (χ4v) is 1.34. The van der Waals surface area contributed by atoms with E-state index in [4.69, 9.17) is 9.84 Å². The number of hydrogen-bond donors (Lipinski definition) is 1. The van der Waals surface area contributed by atoms with Crippen LogP contribution in [0.2, 0.25) is 0 Å². The Balaban J connectivity index is 2.27. The maximum atomic E-state index is 9.10. The molecular weight excluding hydrogens is 178 g/mol. The van der Waals surface area contributed by atoms with Gasteiger partial charge in [-0.2, -0.15) is 0 Å². The van der Waals surface area contributed by atoms with Gasteiger partial charge in [0.2, 0.25) is 5.90 Å². The zero-order chi connectivity index (χ0) is 10.0. The van der Waals surface area contributed by atoms with Crippen molar-refractivity contribution in [3.8, 4) is 0 Å². The van der Waals surface area contributed by atoms with Crippen molar-refractivity contribution < 1.29 is 9.84 Å². The van der Waals surface area contributed by atoms with Crippen molar-refractivity contribution >= 4 is 5.90 Å². The lowest BCUT2D eigenvalue weighted by atomic mass is 10.1. The second-order valence-electron chi connectivity index (χ2n) is 3.73. The minimum atomic E-state index is -0.467.